The summed E-state index contributed by atoms with van der Waals surface area (Å²) >= 11 is 0. The molecule has 2 heteroatoms. The van der Waals surface area contributed by atoms with E-state index in [1.807, 2.05) is 0 Å². The Hall–Kier alpha value is -1.96. The van der Waals surface area contributed by atoms with Crippen molar-refractivity contribution in [3.8, 4) is 0 Å². The minimum atomic E-state index is 1.02. The molecule has 3 rings (SSSR count). The number of nitrogens with zero attached hydrogens (tertiary/aromatic N) is 2. The quantitative estimate of drug-likeness (QED) is 0.737. The molecule has 1 aromatic carbocycles. The fraction of sp³-hybridized carbons (Fsp3) is 0.368. The maximum Gasteiger partial charge on any atom is 0.0879 e. The Morgan fingerprint density at radius 2 is 1.67 bits per heavy atom. The van der Waals surface area contributed by atoms with Gasteiger partial charge in [-0.05, 0) is 69.7 Å². The van der Waals surface area contributed by atoms with Gasteiger partial charge in [-0.3, -0.25) is 9.98 Å². The van der Waals surface area contributed by atoms with Crippen LogP contribution in [0.4, 0.5) is 5.69 Å². The fourth-order valence-electron chi connectivity index (χ4n) is 3.19. The summed E-state index contributed by atoms with van der Waals surface area (Å²) in [4.78, 5) is 9.73. The molecule has 1 aromatic heterocycles. The zero-order valence-electron chi connectivity index (χ0n) is 13.3. The molecule has 0 radical (unpaired) electrons. The summed E-state index contributed by atoms with van der Waals surface area (Å²) in [6.45, 7) is 8.48. The van der Waals surface area contributed by atoms with Crippen LogP contribution in [0.5, 0.6) is 0 Å². The van der Waals surface area contributed by atoms with E-state index in [0.717, 1.165) is 35.6 Å². The Morgan fingerprint density at radius 3 is 2.38 bits per heavy atom. The van der Waals surface area contributed by atoms with Gasteiger partial charge in [0.25, 0.3) is 0 Å². The number of rotatable bonds is 1. The molecule has 0 fully saturated rings. The van der Waals surface area contributed by atoms with E-state index >= 15 is 0 Å². The van der Waals surface area contributed by atoms with Gasteiger partial charge in [0.2, 0.25) is 0 Å². The summed E-state index contributed by atoms with van der Waals surface area (Å²) in [5, 5.41) is 0. The summed E-state index contributed by atoms with van der Waals surface area (Å²) in [7, 11) is 0. The number of pyridine rings is 1. The molecule has 0 saturated heterocycles. The smallest absolute Gasteiger partial charge is 0.0879 e. The lowest BCUT2D eigenvalue weighted by Gasteiger charge is -2.18. The molecule has 0 spiro atoms. The second-order valence-corrected chi connectivity index (χ2v) is 6.12. The summed E-state index contributed by atoms with van der Waals surface area (Å²) in [6.07, 6.45) is 3.31. The highest BCUT2D eigenvalue weighted by Crippen LogP contribution is 2.29. The lowest BCUT2D eigenvalue weighted by Crippen LogP contribution is -2.14. The summed E-state index contributed by atoms with van der Waals surface area (Å²) in [5.74, 6) is 0. The highest BCUT2D eigenvalue weighted by Gasteiger charge is 2.17. The van der Waals surface area contributed by atoms with Crippen LogP contribution in [0.2, 0.25) is 0 Å². The van der Waals surface area contributed by atoms with Crippen LogP contribution in [-0.2, 0) is 6.42 Å². The number of aryl methyl sites for hydroxylation is 5. The molecule has 108 valence electrons. The molecule has 0 saturated carbocycles. The Balaban J connectivity index is 2.12. The largest absolute Gasteiger partial charge is 0.252 e. The normalized spacial score (nSPS) is 16.1. The monoisotopic (exact) mass is 278 g/mol. The van der Waals surface area contributed by atoms with Crippen molar-refractivity contribution in [3.63, 3.8) is 0 Å². The van der Waals surface area contributed by atoms with Crippen molar-refractivity contribution in [1.29, 1.82) is 0 Å². The van der Waals surface area contributed by atoms with Crippen LogP contribution in [0.1, 0.15) is 46.5 Å². The number of hydrogen-bond acceptors (Lipinski definition) is 2. The van der Waals surface area contributed by atoms with E-state index in [0.29, 0.717) is 0 Å². The first-order valence-electron chi connectivity index (χ1n) is 7.67. The third-order valence-corrected chi connectivity index (χ3v) is 4.13. The van der Waals surface area contributed by atoms with Crippen LogP contribution in [-0.4, -0.2) is 10.7 Å². The molecule has 1 aliphatic carbocycles. The Kier molecular flexibility index (Phi) is 3.62. The molecule has 1 heterocycles. The van der Waals surface area contributed by atoms with Gasteiger partial charge in [-0.15, -0.1) is 0 Å². The molecule has 21 heavy (non-hydrogen) atoms. The minimum Gasteiger partial charge on any atom is -0.252 e. The number of benzene rings is 1. The maximum atomic E-state index is 4.99. The predicted octanol–water partition coefficient (Wildman–Crippen LogP) is 4.77. The predicted molar refractivity (Wildman–Crippen MR) is 88.8 cm³/mol. The molecule has 0 amide bonds. The number of fused-ring (bicyclic) bond motifs is 1. The van der Waals surface area contributed by atoms with E-state index in [1.54, 1.807) is 0 Å². The van der Waals surface area contributed by atoms with Gasteiger partial charge in [0.1, 0.15) is 0 Å². The molecule has 0 N–H and O–H groups in total. The average Bonchev–Trinajstić information content (AvgIpc) is 2.43. The van der Waals surface area contributed by atoms with Crippen molar-refractivity contribution >= 4 is 11.4 Å². The van der Waals surface area contributed by atoms with Crippen LogP contribution < -0.4 is 0 Å². The third-order valence-electron chi connectivity index (χ3n) is 4.13. The fourth-order valence-corrected chi connectivity index (χ4v) is 3.19. The maximum absolute atomic E-state index is 4.99. The second kappa shape index (κ2) is 5.44. The Morgan fingerprint density at radius 1 is 0.952 bits per heavy atom. The molecule has 1 aliphatic rings. The Labute approximate surface area is 127 Å². The van der Waals surface area contributed by atoms with Crippen molar-refractivity contribution in [2.75, 3.05) is 0 Å². The SMILES string of the molecule is Cc1cc(C)c(N=C2CCCc3ccc(C)nc32)c(C)c1. The zero-order chi connectivity index (χ0) is 15.0. The van der Waals surface area contributed by atoms with Gasteiger partial charge in [0.15, 0.2) is 0 Å². The molecular weight excluding hydrogens is 256 g/mol. The molecular formula is C19H22N2. The Bertz CT molecular complexity index is 703. The van der Waals surface area contributed by atoms with E-state index in [9.17, 15) is 0 Å². The van der Waals surface area contributed by atoms with Crippen molar-refractivity contribution in [2.45, 2.75) is 47.0 Å². The average molecular weight is 278 g/mol. The first kappa shape index (κ1) is 14.0. The molecule has 0 unspecified atom stereocenters. The lowest BCUT2D eigenvalue weighted by atomic mass is 9.93. The van der Waals surface area contributed by atoms with E-state index in [1.165, 1.54) is 28.7 Å². The van der Waals surface area contributed by atoms with Crippen LogP contribution in [0.3, 0.4) is 0 Å². The summed E-state index contributed by atoms with van der Waals surface area (Å²) < 4.78 is 0. The van der Waals surface area contributed by atoms with E-state index in [-0.39, 0.29) is 0 Å². The molecule has 0 aliphatic heterocycles. The van der Waals surface area contributed by atoms with Crippen LogP contribution in [0.25, 0.3) is 0 Å². The summed E-state index contributed by atoms with van der Waals surface area (Å²) in [5.41, 5.74) is 9.59. The first-order chi connectivity index (χ1) is 10.0. The zero-order valence-corrected chi connectivity index (χ0v) is 13.3. The van der Waals surface area contributed by atoms with Crippen molar-refractivity contribution < 1.29 is 0 Å². The number of aliphatic imine (C=N–C) groups is 1. The minimum absolute atomic E-state index is 1.02. The summed E-state index contributed by atoms with van der Waals surface area (Å²) in [6, 6.07) is 8.73. The van der Waals surface area contributed by atoms with Gasteiger partial charge < -0.3 is 0 Å². The highest BCUT2D eigenvalue weighted by atomic mass is 14.8. The first-order valence-corrected chi connectivity index (χ1v) is 7.67. The lowest BCUT2D eigenvalue weighted by molar-refractivity contribution is 0.823. The van der Waals surface area contributed by atoms with Crippen molar-refractivity contribution in [2.24, 2.45) is 4.99 Å². The van der Waals surface area contributed by atoms with E-state index in [4.69, 9.17) is 9.98 Å². The topological polar surface area (TPSA) is 25.2 Å². The third kappa shape index (κ3) is 2.76. The van der Waals surface area contributed by atoms with Gasteiger partial charge in [-0.25, -0.2) is 0 Å². The standard InChI is InChI=1S/C19H22N2/c1-12-10-13(2)18(14(3)11-12)21-17-7-5-6-16-9-8-15(4)20-19(16)17/h8-11H,5-7H2,1-4H3. The molecule has 0 bridgehead atoms. The second-order valence-electron chi connectivity index (χ2n) is 6.12. The van der Waals surface area contributed by atoms with E-state index in [2.05, 4.69) is 52.0 Å². The van der Waals surface area contributed by atoms with Gasteiger partial charge in [0.05, 0.1) is 17.1 Å². The van der Waals surface area contributed by atoms with Crippen LogP contribution in [0.15, 0.2) is 29.3 Å². The molecule has 2 nitrogen and oxygen atoms in total. The highest BCUT2D eigenvalue weighted by molar-refractivity contribution is 6.02. The van der Waals surface area contributed by atoms with Crippen molar-refractivity contribution in [1.82, 2.24) is 4.98 Å². The number of aromatic nitrogens is 1. The van der Waals surface area contributed by atoms with Gasteiger partial charge >= 0.3 is 0 Å². The van der Waals surface area contributed by atoms with Gasteiger partial charge in [-0.2, -0.15) is 0 Å². The van der Waals surface area contributed by atoms with Crippen molar-refractivity contribution in [3.05, 3.63) is 57.9 Å². The van der Waals surface area contributed by atoms with Crippen LogP contribution in [0, 0.1) is 27.7 Å². The molecule has 2 aromatic rings. The molecule has 0 atom stereocenters. The van der Waals surface area contributed by atoms with Crippen LogP contribution >= 0.6 is 0 Å². The van der Waals surface area contributed by atoms with Gasteiger partial charge in [-0.1, -0.05) is 23.8 Å². The van der Waals surface area contributed by atoms with Gasteiger partial charge in [0, 0.05) is 5.69 Å². The van der Waals surface area contributed by atoms with E-state index < -0.39 is 0 Å². The number of hydrogen-bond donors (Lipinski definition) is 0.